The first-order chi connectivity index (χ1) is 15.4. The lowest BCUT2D eigenvalue weighted by Crippen LogP contribution is -2.42. The maximum absolute atomic E-state index is 13.5. The van der Waals surface area contributed by atoms with Crippen LogP contribution in [0.25, 0.3) is 0 Å². The van der Waals surface area contributed by atoms with E-state index in [0.29, 0.717) is 30.9 Å². The number of nitrogens with zero attached hydrogens (tertiary/aromatic N) is 1. The Balaban J connectivity index is 1.92. The smallest absolute Gasteiger partial charge is 0.341 e. The summed E-state index contributed by atoms with van der Waals surface area (Å²) in [5, 5.41) is 14.0. The molecule has 32 heavy (non-hydrogen) atoms. The standard InChI is InChI=1S/C24H28N2O6/c1-3-31-21-13-10-18(16-20(21)22(27)32-4-2)25-23(28)24(14-6-5-7-15-24)17-8-11-19(12-9-17)26(29)30/h8-13,16H,3-7,14-15H2,1-2H3,(H,25,28). The Morgan fingerprint density at radius 3 is 2.31 bits per heavy atom. The summed E-state index contributed by atoms with van der Waals surface area (Å²) >= 11 is 0. The summed E-state index contributed by atoms with van der Waals surface area (Å²) in [6.45, 7) is 4.16. The molecule has 2 aromatic carbocycles. The molecule has 3 rings (SSSR count). The SMILES string of the molecule is CCOC(=O)c1cc(NC(=O)C2(c3ccc([N+](=O)[O-])cc3)CCCCC2)ccc1OCC. The van der Waals surface area contributed by atoms with Gasteiger partial charge in [0.2, 0.25) is 5.91 Å². The number of nitro groups is 1. The van der Waals surface area contributed by atoms with Gasteiger partial charge in [-0.15, -0.1) is 0 Å². The van der Waals surface area contributed by atoms with Gasteiger partial charge in [-0.05, 0) is 50.5 Å². The molecule has 1 aliphatic carbocycles. The molecule has 170 valence electrons. The largest absolute Gasteiger partial charge is 0.493 e. The van der Waals surface area contributed by atoms with Gasteiger partial charge in [-0.2, -0.15) is 0 Å². The predicted molar refractivity (Wildman–Crippen MR) is 120 cm³/mol. The van der Waals surface area contributed by atoms with Gasteiger partial charge in [-0.3, -0.25) is 14.9 Å². The Hall–Kier alpha value is -3.42. The number of rotatable bonds is 8. The minimum Gasteiger partial charge on any atom is -0.493 e. The fourth-order valence-electron chi connectivity index (χ4n) is 4.21. The van der Waals surface area contributed by atoms with E-state index in [1.165, 1.54) is 12.1 Å². The zero-order valence-electron chi connectivity index (χ0n) is 18.4. The third-order valence-electron chi connectivity index (χ3n) is 5.81. The highest BCUT2D eigenvalue weighted by molar-refractivity contribution is 6.01. The molecule has 8 heteroatoms. The minimum absolute atomic E-state index is 0.00860. The highest BCUT2D eigenvalue weighted by Gasteiger charge is 2.41. The second kappa shape index (κ2) is 10.3. The number of nitro benzene ring substituents is 1. The molecule has 0 unspecified atom stereocenters. The quantitative estimate of drug-likeness (QED) is 0.351. The Morgan fingerprint density at radius 1 is 1.03 bits per heavy atom. The van der Waals surface area contributed by atoms with Crippen molar-refractivity contribution < 1.29 is 24.0 Å². The number of nitrogens with one attached hydrogen (secondary N) is 1. The molecule has 1 saturated carbocycles. The van der Waals surface area contributed by atoms with Crippen LogP contribution in [-0.2, 0) is 14.9 Å². The Labute approximate surface area is 187 Å². The van der Waals surface area contributed by atoms with Crippen LogP contribution >= 0.6 is 0 Å². The average molecular weight is 440 g/mol. The first kappa shape index (κ1) is 23.2. The van der Waals surface area contributed by atoms with Crippen LogP contribution in [0.4, 0.5) is 11.4 Å². The monoisotopic (exact) mass is 440 g/mol. The molecular formula is C24H28N2O6. The van der Waals surface area contributed by atoms with Crippen molar-refractivity contribution in [1.82, 2.24) is 0 Å². The van der Waals surface area contributed by atoms with E-state index in [-0.39, 0.29) is 23.8 Å². The first-order valence-electron chi connectivity index (χ1n) is 10.9. The van der Waals surface area contributed by atoms with Crippen molar-refractivity contribution in [3.05, 3.63) is 63.7 Å². The lowest BCUT2D eigenvalue weighted by molar-refractivity contribution is -0.384. The van der Waals surface area contributed by atoms with E-state index in [9.17, 15) is 19.7 Å². The number of anilines is 1. The summed E-state index contributed by atoms with van der Waals surface area (Å²) in [6, 6.07) is 11.1. The van der Waals surface area contributed by atoms with Gasteiger partial charge in [0.1, 0.15) is 11.3 Å². The minimum atomic E-state index is -0.782. The Kier molecular flexibility index (Phi) is 7.45. The second-order valence-corrected chi connectivity index (χ2v) is 7.77. The van der Waals surface area contributed by atoms with Crippen LogP contribution in [0.5, 0.6) is 5.75 Å². The normalized spacial score (nSPS) is 14.9. The average Bonchev–Trinajstić information content (AvgIpc) is 2.80. The summed E-state index contributed by atoms with van der Waals surface area (Å²) < 4.78 is 10.7. The van der Waals surface area contributed by atoms with Crippen LogP contribution < -0.4 is 10.1 Å². The zero-order valence-corrected chi connectivity index (χ0v) is 18.4. The van der Waals surface area contributed by atoms with Crippen LogP contribution in [0.1, 0.15) is 61.9 Å². The Bertz CT molecular complexity index is 980. The molecule has 2 aromatic rings. The molecule has 0 bridgehead atoms. The fraction of sp³-hybridized carbons (Fsp3) is 0.417. The molecule has 0 saturated heterocycles. The highest BCUT2D eigenvalue weighted by Crippen LogP contribution is 2.41. The molecular weight excluding hydrogens is 412 g/mol. The van der Waals surface area contributed by atoms with Crippen molar-refractivity contribution in [3.63, 3.8) is 0 Å². The number of hydrogen-bond donors (Lipinski definition) is 1. The zero-order chi connectivity index (χ0) is 23.1. The van der Waals surface area contributed by atoms with E-state index in [1.807, 2.05) is 6.92 Å². The molecule has 0 aliphatic heterocycles. The van der Waals surface area contributed by atoms with Gasteiger partial charge < -0.3 is 14.8 Å². The van der Waals surface area contributed by atoms with Crippen molar-refractivity contribution in [1.29, 1.82) is 0 Å². The number of benzene rings is 2. The van der Waals surface area contributed by atoms with Crippen LogP contribution in [0.2, 0.25) is 0 Å². The van der Waals surface area contributed by atoms with Gasteiger partial charge in [0.05, 0.1) is 23.6 Å². The van der Waals surface area contributed by atoms with E-state index in [4.69, 9.17) is 9.47 Å². The molecule has 8 nitrogen and oxygen atoms in total. The first-order valence-corrected chi connectivity index (χ1v) is 10.9. The second-order valence-electron chi connectivity index (χ2n) is 7.77. The molecule has 1 aliphatic rings. The number of amides is 1. The summed E-state index contributed by atoms with van der Waals surface area (Å²) in [6.07, 6.45) is 4.12. The molecule has 0 heterocycles. The summed E-state index contributed by atoms with van der Waals surface area (Å²) in [7, 11) is 0. The fourth-order valence-corrected chi connectivity index (χ4v) is 4.21. The van der Waals surface area contributed by atoms with Crippen molar-refractivity contribution in [3.8, 4) is 5.75 Å². The van der Waals surface area contributed by atoms with Gasteiger partial charge >= 0.3 is 5.97 Å². The van der Waals surface area contributed by atoms with E-state index in [1.54, 1.807) is 37.3 Å². The van der Waals surface area contributed by atoms with Crippen LogP contribution in [0, 0.1) is 10.1 Å². The maximum Gasteiger partial charge on any atom is 0.341 e. The van der Waals surface area contributed by atoms with Gasteiger partial charge in [-0.1, -0.05) is 31.4 Å². The van der Waals surface area contributed by atoms with E-state index < -0.39 is 16.3 Å². The number of carbonyl (C=O) groups excluding carboxylic acids is 2. The number of hydrogen-bond acceptors (Lipinski definition) is 6. The van der Waals surface area contributed by atoms with E-state index in [2.05, 4.69) is 5.32 Å². The topological polar surface area (TPSA) is 108 Å². The Morgan fingerprint density at radius 2 is 1.72 bits per heavy atom. The van der Waals surface area contributed by atoms with Crippen molar-refractivity contribution in [2.45, 2.75) is 51.4 Å². The van der Waals surface area contributed by atoms with Crippen LogP contribution in [0.15, 0.2) is 42.5 Å². The van der Waals surface area contributed by atoms with Crippen LogP contribution in [-0.4, -0.2) is 30.0 Å². The third kappa shape index (κ3) is 4.90. The predicted octanol–water partition coefficient (Wildman–Crippen LogP) is 5.01. The molecule has 0 aromatic heterocycles. The van der Waals surface area contributed by atoms with Gasteiger partial charge in [0.25, 0.3) is 5.69 Å². The molecule has 1 amide bonds. The van der Waals surface area contributed by atoms with Gasteiger partial charge in [0, 0.05) is 17.8 Å². The van der Waals surface area contributed by atoms with Gasteiger partial charge in [-0.25, -0.2) is 4.79 Å². The molecule has 0 atom stereocenters. The van der Waals surface area contributed by atoms with E-state index >= 15 is 0 Å². The highest BCUT2D eigenvalue weighted by atomic mass is 16.6. The molecule has 0 spiro atoms. The lowest BCUT2D eigenvalue weighted by Gasteiger charge is -2.36. The number of esters is 1. The van der Waals surface area contributed by atoms with Crippen LogP contribution in [0.3, 0.4) is 0 Å². The molecule has 0 radical (unpaired) electrons. The third-order valence-corrected chi connectivity index (χ3v) is 5.81. The van der Waals surface area contributed by atoms with Crippen molar-refractivity contribution >= 4 is 23.3 Å². The summed E-state index contributed by atoms with van der Waals surface area (Å²) in [5.74, 6) is -0.313. The van der Waals surface area contributed by atoms with Crippen molar-refractivity contribution in [2.75, 3.05) is 18.5 Å². The molecule has 1 N–H and O–H groups in total. The number of non-ortho nitro benzene ring substituents is 1. The van der Waals surface area contributed by atoms with E-state index in [0.717, 1.165) is 24.8 Å². The van der Waals surface area contributed by atoms with Crippen molar-refractivity contribution in [2.24, 2.45) is 0 Å². The lowest BCUT2D eigenvalue weighted by atomic mass is 9.68. The number of carbonyl (C=O) groups is 2. The summed E-state index contributed by atoms with van der Waals surface area (Å²) in [5.41, 5.74) is 0.686. The number of ether oxygens (including phenoxy) is 2. The molecule has 1 fully saturated rings. The van der Waals surface area contributed by atoms with Gasteiger partial charge in [0.15, 0.2) is 0 Å². The summed E-state index contributed by atoms with van der Waals surface area (Å²) in [4.78, 5) is 36.5. The maximum atomic E-state index is 13.5.